The third kappa shape index (κ3) is 2.90. The summed E-state index contributed by atoms with van der Waals surface area (Å²) in [5.41, 5.74) is 11.5. The van der Waals surface area contributed by atoms with E-state index in [0.717, 1.165) is 53.6 Å². The van der Waals surface area contributed by atoms with E-state index >= 15 is 4.79 Å². The van der Waals surface area contributed by atoms with Crippen LogP contribution in [0.3, 0.4) is 0 Å². The average Bonchev–Trinajstić information content (AvgIpc) is 3.64. The molecule has 0 unspecified atom stereocenters. The largest absolute Gasteiger partial charge is 0.319 e. The van der Waals surface area contributed by atoms with Crippen molar-refractivity contribution >= 4 is 62.2 Å². The minimum atomic E-state index is -0.468. The molecule has 0 atom stereocenters. The maximum Gasteiger partial charge on any atom is 0.268 e. The highest BCUT2D eigenvalue weighted by Gasteiger charge is 2.54. The summed E-state index contributed by atoms with van der Waals surface area (Å²) in [7, 11) is 0. The van der Waals surface area contributed by atoms with Gasteiger partial charge in [-0.2, -0.15) is 0 Å². The molecule has 9 rings (SSSR count). The molecule has 3 aliphatic rings. The first-order chi connectivity index (χ1) is 20.6. The summed E-state index contributed by atoms with van der Waals surface area (Å²) < 4.78 is 2.43. The second-order valence-electron chi connectivity index (χ2n) is 12.5. The van der Waals surface area contributed by atoms with Gasteiger partial charge in [0.2, 0.25) is 5.91 Å². The number of hydrogen-bond acceptors (Lipinski definition) is 1. The molecule has 42 heavy (non-hydrogen) atoms. The molecule has 1 amide bonds. The van der Waals surface area contributed by atoms with Crippen molar-refractivity contribution in [2.75, 3.05) is 4.90 Å². The molecule has 1 aliphatic carbocycles. The molecular weight excluding hydrogens is 511 g/mol. The molecule has 202 valence electrons. The van der Waals surface area contributed by atoms with Gasteiger partial charge in [0, 0.05) is 22.1 Å². The van der Waals surface area contributed by atoms with E-state index in [1.807, 2.05) is 0 Å². The second-order valence-corrected chi connectivity index (χ2v) is 12.5. The standard InChI is InChI=1S/C38H31BN2O/c1-24-12-10-13-25(2)33(24)39-30-21-20-26-14-11-18-29-32(26)35(30)41(37(42)38(29)22-8-9-23-38)34-28-17-6-7-19-31(28)40(36(34)39)27-15-4-3-5-16-27/h3-7,10-21H,8-9,22-23H2,1-2H3. The zero-order valence-corrected chi connectivity index (χ0v) is 24.0. The molecule has 4 heteroatoms. The van der Waals surface area contributed by atoms with Crippen LogP contribution < -0.4 is 21.4 Å². The fourth-order valence-corrected chi connectivity index (χ4v) is 8.68. The van der Waals surface area contributed by atoms with Gasteiger partial charge in [0.25, 0.3) is 6.71 Å². The summed E-state index contributed by atoms with van der Waals surface area (Å²) in [6.07, 6.45) is 4.01. The Balaban J connectivity index is 1.52. The van der Waals surface area contributed by atoms with Gasteiger partial charge in [-0.3, -0.25) is 9.69 Å². The molecule has 0 N–H and O–H groups in total. The zero-order valence-electron chi connectivity index (χ0n) is 24.0. The van der Waals surface area contributed by atoms with E-state index in [0.29, 0.717) is 0 Å². The van der Waals surface area contributed by atoms with E-state index < -0.39 is 5.41 Å². The number of rotatable bonds is 2. The van der Waals surface area contributed by atoms with Crippen LogP contribution in [0.1, 0.15) is 42.4 Å². The Morgan fingerprint density at radius 2 is 1.43 bits per heavy atom. The first-order valence-corrected chi connectivity index (χ1v) is 15.3. The van der Waals surface area contributed by atoms with Crippen LogP contribution >= 0.6 is 0 Å². The lowest BCUT2D eigenvalue weighted by Gasteiger charge is -2.45. The topological polar surface area (TPSA) is 25.2 Å². The number of aromatic nitrogens is 1. The third-order valence-corrected chi connectivity index (χ3v) is 10.4. The van der Waals surface area contributed by atoms with Crippen molar-refractivity contribution in [3.63, 3.8) is 0 Å². The van der Waals surface area contributed by atoms with Gasteiger partial charge >= 0.3 is 0 Å². The average molecular weight is 542 g/mol. The molecule has 6 aromatic rings. The second kappa shape index (κ2) is 8.48. The number of fused-ring (bicyclic) bond motifs is 5. The van der Waals surface area contributed by atoms with Gasteiger partial charge in [0.05, 0.1) is 22.3 Å². The molecule has 1 saturated carbocycles. The number of carbonyl (C=O) groups is 1. The molecular formula is C38H31BN2O. The minimum Gasteiger partial charge on any atom is -0.319 e. The predicted octanol–water partition coefficient (Wildman–Crippen LogP) is 6.72. The van der Waals surface area contributed by atoms with Crippen molar-refractivity contribution in [1.29, 1.82) is 0 Å². The first-order valence-electron chi connectivity index (χ1n) is 15.3. The number of amides is 1. The van der Waals surface area contributed by atoms with Gasteiger partial charge in [-0.25, -0.2) is 0 Å². The lowest BCUT2D eigenvalue weighted by atomic mass is 9.35. The third-order valence-electron chi connectivity index (χ3n) is 10.4. The smallest absolute Gasteiger partial charge is 0.268 e. The van der Waals surface area contributed by atoms with Crippen molar-refractivity contribution in [3.05, 3.63) is 120 Å². The summed E-state index contributed by atoms with van der Waals surface area (Å²) in [6, 6.07) is 37.2. The summed E-state index contributed by atoms with van der Waals surface area (Å²) in [5.74, 6) is 0.254. The summed E-state index contributed by atoms with van der Waals surface area (Å²) in [6.45, 7) is 4.45. The molecule has 5 aromatic carbocycles. The van der Waals surface area contributed by atoms with Crippen molar-refractivity contribution in [2.45, 2.75) is 44.9 Å². The van der Waals surface area contributed by atoms with Crippen molar-refractivity contribution < 1.29 is 4.79 Å². The Hall–Kier alpha value is -4.57. The highest BCUT2D eigenvalue weighted by molar-refractivity contribution is 6.99. The molecule has 3 nitrogen and oxygen atoms in total. The van der Waals surface area contributed by atoms with E-state index in [1.165, 1.54) is 44.0 Å². The highest BCUT2D eigenvalue weighted by atomic mass is 16.2. The minimum absolute atomic E-state index is 0.0251. The Morgan fingerprint density at radius 3 is 2.21 bits per heavy atom. The monoisotopic (exact) mass is 542 g/mol. The number of aryl methyl sites for hydroxylation is 2. The Labute approximate surface area is 246 Å². The maximum atomic E-state index is 15.2. The van der Waals surface area contributed by atoms with E-state index in [2.05, 4.69) is 126 Å². The van der Waals surface area contributed by atoms with Gasteiger partial charge in [0.15, 0.2) is 0 Å². The van der Waals surface area contributed by atoms with E-state index in [1.54, 1.807) is 0 Å². The van der Waals surface area contributed by atoms with Gasteiger partial charge in [-0.15, -0.1) is 0 Å². The number of anilines is 2. The molecule has 2 aliphatic heterocycles. The number of nitrogens with zero attached hydrogens (tertiary/aromatic N) is 2. The SMILES string of the molecule is Cc1cccc(C)c1B1c2ccc3cccc4c3c2N(C(=O)C42CCCC2)c2c1n(-c1ccccc1)c1ccccc21. The van der Waals surface area contributed by atoms with Gasteiger partial charge < -0.3 is 4.57 Å². The van der Waals surface area contributed by atoms with Crippen molar-refractivity contribution in [2.24, 2.45) is 0 Å². The molecule has 3 heterocycles. The van der Waals surface area contributed by atoms with Gasteiger partial charge in [0.1, 0.15) is 0 Å². The predicted molar refractivity (Wildman–Crippen MR) is 175 cm³/mol. The van der Waals surface area contributed by atoms with Crippen molar-refractivity contribution in [3.8, 4) is 5.69 Å². The molecule has 0 bridgehead atoms. The normalized spacial score (nSPS) is 16.6. The Morgan fingerprint density at radius 1 is 0.714 bits per heavy atom. The number of carbonyl (C=O) groups excluding carboxylic acids is 1. The van der Waals surface area contributed by atoms with Crippen LogP contribution in [0, 0.1) is 13.8 Å². The van der Waals surface area contributed by atoms with Crippen LogP contribution in [-0.2, 0) is 10.2 Å². The van der Waals surface area contributed by atoms with Crippen LogP contribution in [0.4, 0.5) is 11.4 Å². The van der Waals surface area contributed by atoms with E-state index in [4.69, 9.17) is 0 Å². The first kappa shape index (κ1) is 24.1. The molecule has 0 saturated heterocycles. The highest BCUT2D eigenvalue weighted by Crippen LogP contribution is 2.54. The Bertz CT molecular complexity index is 2080. The molecule has 1 spiro atoms. The summed E-state index contributed by atoms with van der Waals surface area (Å²) in [5, 5.41) is 3.64. The fourth-order valence-electron chi connectivity index (χ4n) is 8.68. The summed E-state index contributed by atoms with van der Waals surface area (Å²) >= 11 is 0. The van der Waals surface area contributed by atoms with Crippen LogP contribution in [0.2, 0.25) is 0 Å². The number of benzene rings is 5. The number of para-hydroxylation sites is 2. The Kier molecular flexibility index (Phi) is 4.86. The fraction of sp³-hybridized carbons (Fsp3) is 0.184. The lowest BCUT2D eigenvalue weighted by molar-refractivity contribution is -0.123. The summed E-state index contributed by atoms with van der Waals surface area (Å²) in [4.78, 5) is 17.4. The van der Waals surface area contributed by atoms with Crippen LogP contribution in [-0.4, -0.2) is 17.2 Å². The lowest BCUT2D eigenvalue weighted by Crippen LogP contribution is -2.63. The van der Waals surface area contributed by atoms with Crippen LogP contribution in [0.25, 0.3) is 27.4 Å². The van der Waals surface area contributed by atoms with Gasteiger partial charge in [-0.05, 0) is 61.3 Å². The van der Waals surface area contributed by atoms with Gasteiger partial charge in [-0.1, -0.05) is 114 Å². The van der Waals surface area contributed by atoms with Crippen LogP contribution in [0.15, 0.2) is 103 Å². The molecule has 0 radical (unpaired) electrons. The zero-order chi connectivity index (χ0) is 28.2. The quantitative estimate of drug-likeness (QED) is 0.223. The van der Waals surface area contributed by atoms with E-state index in [9.17, 15) is 0 Å². The molecule has 1 fully saturated rings. The van der Waals surface area contributed by atoms with Crippen LogP contribution in [0.5, 0.6) is 0 Å². The number of hydrogen-bond donors (Lipinski definition) is 0. The van der Waals surface area contributed by atoms with E-state index in [-0.39, 0.29) is 12.6 Å². The maximum absolute atomic E-state index is 15.2. The molecule has 1 aromatic heterocycles. The van der Waals surface area contributed by atoms with Crippen molar-refractivity contribution in [1.82, 2.24) is 4.57 Å².